The number of aliphatic carboxylic acids is 1. The van der Waals surface area contributed by atoms with Gasteiger partial charge in [0.25, 0.3) is 5.91 Å². The highest BCUT2D eigenvalue weighted by atomic mass is 16.4. The van der Waals surface area contributed by atoms with Crippen LogP contribution in [0.5, 0.6) is 0 Å². The summed E-state index contributed by atoms with van der Waals surface area (Å²) in [6.07, 6.45) is 4.07. The van der Waals surface area contributed by atoms with E-state index in [-0.39, 0.29) is 12.5 Å². The van der Waals surface area contributed by atoms with Crippen LogP contribution in [0.2, 0.25) is 0 Å². The molecule has 6 nitrogen and oxygen atoms in total. The Morgan fingerprint density at radius 1 is 1.14 bits per heavy atom. The predicted octanol–water partition coefficient (Wildman–Crippen LogP) is 2.25. The third-order valence-electron chi connectivity index (χ3n) is 4.13. The Labute approximate surface area is 128 Å². The maximum Gasteiger partial charge on any atom is 0.311 e. The topological polar surface area (TPSA) is 92.2 Å². The minimum atomic E-state index is -0.924. The molecule has 1 aromatic heterocycles. The standard InChI is InChI=1S/C16H19N3O3/c1-3-16(4-2,15(21)22)10-19-14(20)11-5-6-12-13(9-11)18-8-7-17-12/h5-9H,3-4,10H2,1-2H3,(H,19,20)(H,21,22). The van der Waals surface area contributed by atoms with E-state index in [4.69, 9.17) is 0 Å². The van der Waals surface area contributed by atoms with Crippen molar-refractivity contribution in [3.8, 4) is 0 Å². The average Bonchev–Trinajstić information content (AvgIpc) is 2.55. The number of nitrogens with zero attached hydrogens (tertiary/aromatic N) is 2. The highest BCUT2D eigenvalue weighted by Crippen LogP contribution is 2.25. The molecule has 22 heavy (non-hydrogen) atoms. The number of fused-ring (bicyclic) bond motifs is 1. The molecule has 1 amide bonds. The lowest BCUT2D eigenvalue weighted by Gasteiger charge is -2.26. The molecule has 0 aliphatic rings. The van der Waals surface area contributed by atoms with E-state index in [2.05, 4.69) is 15.3 Å². The molecule has 0 bridgehead atoms. The first-order chi connectivity index (χ1) is 10.5. The van der Waals surface area contributed by atoms with Crippen molar-refractivity contribution in [1.82, 2.24) is 15.3 Å². The minimum Gasteiger partial charge on any atom is -0.481 e. The van der Waals surface area contributed by atoms with Gasteiger partial charge in [-0.25, -0.2) is 0 Å². The molecular formula is C16H19N3O3. The van der Waals surface area contributed by atoms with E-state index < -0.39 is 11.4 Å². The first kappa shape index (κ1) is 15.9. The van der Waals surface area contributed by atoms with Gasteiger partial charge in [-0.15, -0.1) is 0 Å². The third-order valence-corrected chi connectivity index (χ3v) is 4.13. The van der Waals surface area contributed by atoms with Crippen LogP contribution < -0.4 is 5.32 Å². The lowest BCUT2D eigenvalue weighted by Crippen LogP contribution is -2.42. The molecule has 0 atom stereocenters. The van der Waals surface area contributed by atoms with Gasteiger partial charge in [-0.05, 0) is 31.0 Å². The molecule has 116 valence electrons. The Bertz CT molecular complexity index is 696. The molecule has 2 rings (SSSR count). The summed E-state index contributed by atoms with van der Waals surface area (Å²) in [5.41, 5.74) is 0.859. The molecule has 0 unspecified atom stereocenters. The fourth-order valence-electron chi connectivity index (χ4n) is 2.33. The Balaban J connectivity index is 2.15. The van der Waals surface area contributed by atoms with Gasteiger partial charge in [-0.3, -0.25) is 19.6 Å². The summed E-state index contributed by atoms with van der Waals surface area (Å²) in [6.45, 7) is 3.73. The lowest BCUT2D eigenvalue weighted by atomic mass is 9.82. The van der Waals surface area contributed by atoms with Gasteiger partial charge in [0.15, 0.2) is 0 Å². The number of rotatable bonds is 6. The number of carboxylic acids is 1. The number of hydrogen-bond acceptors (Lipinski definition) is 4. The van der Waals surface area contributed by atoms with Crippen molar-refractivity contribution in [3.63, 3.8) is 0 Å². The number of benzene rings is 1. The van der Waals surface area contributed by atoms with Crippen LogP contribution in [0.25, 0.3) is 11.0 Å². The molecule has 0 aliphatic carbocycles. The molecule has 6 heteroatoms. The SMILES string of the molecule is CCC(CC)(CNC(=O)c1ccc2nccnc2c1)C(=O)O. The summed E-state index contributed by atoms with van der Waals surface area (Å²) < 4.78 is 0. The van der Waals surface area contributed by atoms with E-state index in [1.165, 1.54) is 0 Å². The quantitative estimate of drug-likeness (QED) is 0.853. The van der Waals surface area contributed by atoms with Gasteiger partial charge in [-0.1, -0.05) is 13.8 Å². The van der Waals surface area contributed by atoms with Crippen LogP contribution >= 0.6 is 0 Å². The average molecular weight is 301 g/mol. The van der Waals surface area contributed by atoms with Gasteiger partial charge < -0.3 is 10.4 Å². The zero-order chi connectivity index (χ0) is 16.2. The van der Waals surface area contributed by atoms with Gasteiger partial charge in [0, 0.05) is 24.5 Å². The van der Waals surface area contributed by atoms with Crippen molar-refractivity contribution in [2.24, 2.45) is 5.41 Å². The Hall–Kier alpha value is -2.50. The van der Waals surface area contributed by atoms with Gasteiger partial charge in [-0.2, -0.15) is 0 Å². The van der Waals surface area contributed by atoms with Crippen LogP contribution in [-0.4, -0.2) is 33.5 Å². The normalized spacial score (nSPS) is 11.4. The maximum absolute atomic E-state index is 12.2. The molecule has 1 heterocycles. The highest BCUT2D eigenvalue weighted by molar-refractivity contribution is 5.97. The van der Waals surface area contributed by atoms with E-state index >= 15 is 0 Å². The van der Waals surface area contributed by atoms with Crippen molar-refractivity contribution < 1.29 is 14.7 Å². The van der Waals surface area contributed by atoms with Gasteiger partial charge in [0.1, 0.15) is 0 Å². The molecule has 2 aromatic rings. The van der Waals surface area contributed by atoms with Crippen LogP contribution in [-0.2, 0) is 4.79 Å². The number of carbonyl (C=O) groups is 2. The van der Waals surface area contributed by atoms with Crippen molar-refractivity contribution in [3.05, 3.63) is 36.2 Å². The fraction of sp³-hybridized carbons (Fsp3) is 0.375. The number of nitrogens with one attached hydrogen (secondary N) is 1. The fourth-order valence-corrected chi connectivity index (χ4v) is 2.33. The smallest absolute Gasteiger partial charge is 0.311 e. The molecule has 0 saturated carbocycles. The summed E-state index contributed by atoms with van der Waals surface area (Å²) >= 11 is 0. The number of amides is 1. The monoisotopic (exact) mass is 301 g/mol. The first-order valence-electron chi connectivity index (χ1n) is 7.25. The summed E-state index contributed by atoms with van der Waals surface area (Å²) in [7, 11) is 0. The predicted molar refractivity (Wildman–Crippen MR) is 82.5 cm³/mol. The largest absolute Gasteiger partial charge is 0.481 e. The van der Waals surface area contributed by atoms with Crippen LogP contribution in [0.1, 0.15) is 37.0 Å². The Morgan fingerprint density at radius 3 is 2.36 bits per heavy atom. The number of carboxylic acid groups (broad SMARTS) is 1. The molecule has 0 aliphatic heterocycles. The number of hydrogen-bond donors (Lipinski definition) is 2. The Kier molecular flexibility index (Phi) is 4.70. The van der Waals surface area contributed by atoms with E-state index in [0.717, 1.165) is 0 Å². The minimum absolute atomic E-state index is 0.104. The number of aromatic nitrogens is 2. The molecule has 0 spiro atoms. The van der Waals surface area contributed by atoms with Crippen LogP contribution in [0.15, 0.2) is 30.6 Å². The van der Waals surface area contributed by atoms with Gasteiger partial charge in [0.05, 0.1) is 16.4 Å². The molecule has 0 saturated heterocycles. The summed E-state index contributed by atoms with van der Waals surface area (Å²) in [4.78, 5) is 32.0. The van der Waals surface area contributed by atoms with E-state index in [0.29, 0.717) is 29.4 Å². The van der Waals surface area contributed by atoms with E-state index in [1.54, 1.807) is 30.6 Å². The molecule has 0 radical (unpaired) electrons. The van der Waals surface area contributed by atoms with Crippen molar-refractivity contribution >= 4 is 22.9 Å². The molecule has 2 N–H and O–H groups in total. The zero-order valence-electron chi connectivity index (χ0n) is 12.7. The summed E-state index contributed by atoms with van der Waals surface area (Å²) in [5, 5.41) is 12.1. The van der Waals surface area contributed by atoms with Crippen molar-refractivity contribution in [2.75, 3.05) is 6.54 Å². The van der Waals surface area contributed by atoms with Crippen LogP contribution in [0.4, 0.5) is 0 Å². The second-order valence-electron chi connectivity index (χ2n) is 5.24. The summed E-state index contributed by atoms with van der Waals surface area (Å²) in [6, 6.07) is 5.03. The molecule has 0 fully saturated rings. The van der Waals surface area contributed by atoms with Crippen LogP contribution in [0, 0.1) is 5.41 Å². The third kappa shape index (κ3) is 3.05. The lowest BCUT2D eigenvalue weighted by molar-refractivity contribution is -0.149. The second kappa shape index (κ2) is 6.51. The second-order valence-corrected chi connectivity index (χ2v) is 5.24. The first-order valence-corrected chi connectivity index (χ1v) is 7.25. The summed E-state index contributed by atoms with van der Waals surface area (Å²) in [5.74, 6) is -1.19. The highest BCUT2D eigenvalue weighted by Gasteiger charge is 2.35. The maximum atomic E-state index is 12.2. The number of carbonyl (C=O) groups excluding carboxylic acids is 1. The Morgan fingerprint density at radius 2 is 1.77 bits per heavy atom. The molecule has 1 aromatic carbocycles. The van der Waals surface area contributed by atoms with E-state index in [9.17, 15) is 14.7 Å². The van der Waals surface area contributed by atoms with Gasteiger partial charge in [0.2, 0.25) is 0 Å². The van der Waals surface area contributed by atoms with Gasteiger partial charge >= 0.3 is 5.97 Å². The van der Waals surface area contributed by atoms with E-state index in [1.807, 2.05) is 13.8 Å². The van der Waals surface area contributed by atoms with Crippen molar-refractivity contribution in [1.29, 1.82) is 0 Å². The zero-order valence-corrected chi connectivity index (χ0v) is 12.7. The van der Waals surface area contributed by atoms with Crippen molar-refractivity contribution in [2.45, 2.75) is 26.7 Å². The van der Waals surface area contributed by atoms with Crippen LogP contribution in [0.3, 0.4) is 0 Å². The molecular weight excluding hydrogens is 282 g/mol.